The number of benzene rings is 1. The van der Waals surface area contributed by atoms with Gasteiger partial charge in [0.05, 0.1) is 6.10 Å². The molecular formula is C18H29N3O4S. The Morgan fingerprint density at radius 3 is 2.08 bits per heavy atom. The molecule has 1 aliphatic heterocycles. The minimum atomic E-state index is -3.93. The van der Waals surface area contributed by atoms with Crippen molar-refractivity contribution in [1.82, 2.24) is 9.03 Å². The normalized spacial score (nSPS) is 16.9. The molecule has 0 radical (unpaired) electrons. The highest BCUT2D eigenvalue weighted by Crippen LogP contribution is 2.32. The van der Waals surface area contributed by atoms with Gasteiger partial charge in [-0.15, -0.1) is 0 Å². The average Bonchev–Trinajstić information content (AvgIpc) is 2.54. The van der Waals surface area contributed by atoms with Crippen LogP contribution >= 0.6 is 0 Å². The molecule has 0 bridgehead atoms. The molecular weight excluding hydrogens is 354 g/mol. The molecule has 3 N–H and O–H groups in total. The van der Waals surface area contributed by atoms with Gasteiger partial charge < -0.3 is 10.4 Å². The first kappa shape index (κ1) is 20.7. The fourth-order valence-electron chi connectivity index (χ4n) is 3.10. The van der Waals surface area contributed by atoms with Gasteiger partial charge in [0.2, 0.25) is 0 Å². The number of carbonyl (C=O) groups excluding carboxylic acids is 1. The Morgan fingerprint density at radius 1 is 1.12 bits per heavy atom. The van der Waals surface area contributed by atoms with E-state index in [2.05, 4.69) is 10.0 Å². The number of urea groups is 1. The lowest BCUT2D eigenvalue weighted by Crippen LogP contribution is -2.48. The predicted octanol–water partition coefficient (Wildman–Crippen LogP) is 2.76. The summed E-state index contributed by atoms with van der Waals surface area (Å²) in [7, 11) is -3.93. The third-order valence-electron chi connectivity index (χ3n) is 4.60. The fraction of sp³-hybridized carbons (Fsp3) is 0.611. The third-order valence-corrected chi connectivity index (χ3v) is 6.08. The number of nitrogens with zero attached hydrogens (tertiary/aromatic N) is 1. The van der Waals surface area contributed by atoms with Crippen LogP contribution in [-0.4, -0.2) is 43.1 Å². The molecule has 2 rings (SSSR count). The summed E-state index contributed by atoms with van der Waals surface area (Å²) in [6.45, 7) is 8.50. The molecule has 1 aromatic carbocycles. The van der Waals surface area contributed by atoms with E-state index < -0.39 is 22.3 Å². The lowest BCUT2D eigenvalue weighted by atomic mass is 9.93. The largest absolute Gasteiger partial charge is 0.393 e. The van der Waals surface area contributed by atoms with Crippen LogP contribution in [0.4, 0.5) is 10.5 Å². The van der Waals surface area contributed by atoms with E-state index in [4.69, 9.17) is 0 Å². The van der Waals surface area contributed by atoms with Crippen LogP contribution < -0.4 is 10.0 Å². The molecule has 0 spiro atoms. The zero-order valence-corrected chi connectivity index (χ0v) is 16.6. The second-order valence-electron chi connectivity index (χ2n) is 7.31. The summed E-state index contributed by atoms with van der Waals surface area (Å²) in [5, 5.41) is 12.3. The highest BCUT2D eigenvalue weighted by molar-refractivity contribution is 7.87. The van der Waals surface area contributed by atoms with E-state index >= 15 is 0 Å². The van der Waals surface area contributed by atoms with Gasteiger partial charge in [-0.05, 0) is 35.8 Å². The molecule has 0 unspecified atom stereocenters. The summed E-state index contributed by atoms with van der Waals surface area (Å²) < 4.78 is 28.1. The summed E-state index contributed by atoms with van der Waals surface area (Å²) in [4.78, 5) is 12.4. The molecule has 1 heterocycles. The van der Waals surface area contributed by atoms with Crippen molar-refractivity contribution in [1.29, 1.82) is 0 Å². The minimum absolute atomic E-state index is 0.184. The summed E-state index contributed by atoms with van der Waals surface area (Å²) in [5.74, 6) is 0.369. The maximum absolute atomic E-state index is 12.4. The van der Waals surface area contributed by atoms with Gasteiger partial charge in [0.15, 0.2) is 0 Å². The summed E-state index contributed by atoms with van der Waals surface area (Å²) in [5.41, 5.74) is 2.59. The Kier molecular flexibility index (Phi) is 6.65. The van der Waals surface area contributed by atoms with Crippen molar-refractivity contribution in [2.24, 2.45) is 0 Å². The van der Waals surface area contributed by atoms with E-state index in [9.17, 15) is 18.3 Å². The van der Waals surface area contributed by atoms with Gasteiger partial charge >= 0.3 is 16.2 Å². The van der Waals surface area contributed by atoms with Crippen LogP contribution in [0.3, 0.4) is 0 Å². The fourth-order valence-corrected chi connectivity index (χ4v) is 4.20. The Bertz CT molecular complexity index is 713. The van der Waals surface area contributed by atoms with Gasteiger partial charge in [-0.1, -0.05) is 45.9 Å². The van der Waals surface area contributed by atoms with Crippen LogP contribution in [0.5, 0.6) is 0 Å². The van der Waals surface area contributed by atoms with Crippen molar-refractivity contribution < 1.29 is 18.3 Å². The van der Waals surface area contributed by atoms with E-state index in [1.54, 1.807) is 0 Å². The third kappa shape index (κ3) is 4.96. The zero-order chi connectivity index (χ0) is 19.5. The van der Waals surface area contributed by atoms with Gasteiger partial charge in [-0.25, -0.2) is 9.52 Å². The standard InChI is InChI=1S/C18H29N3O4S/c1-12(2)15-6-5-7-16(13(3)4)17(15)19-18(23)20-26(24,25)21-10-8-14(22)9-11-21/h5-7,12-14,22H,8-11H2,1-4H3,(H2,19,20,23). The molecule has 0 aliphatic carbocycles. The van der Waals surface area contributed by atoms with Crippen LogP contribution in [-0.2, 0) is 10.2 Å². The number of hydrogen-bond donors (Lipinski definition) is 3. The lowest BCUT2D eigenvalue weighted by molar-refractivity contribution is 0.112. The van der Waals surface area contributed by atoms with Crippen molar-refractivity contribution in [3.63, 3.8) is 0 Å². The summed E-state index contributed by atoms with van der Waals surface area (Å²) in [6.07, 6.45) is 0.258. The highest BCUT2D eigenvalue weighted by Gasteiger charge is 2.29. The van der Waals surface area contributed by atoms with E-state index in [1.807, 2.05) is 45.9 Å². The van der Waals surface area contributed by atoms with E-state index in [0.29, 0.717) is 18.5 Å². The first-order valence-electron chi connectivity index (χ1n) is 9.01. The molecule has 1 aliphatic rings. The molecule has 146 valence electrons. The van der Waals surface area contributed by atoms with E-state index in [0.717, 1.165) is 11.1 Å². The molecule has 0 atom stereocenters. The number of carbonyl (C=O) groups is 1. The predicted molar refractivity (Wildman–Crippen MR) is 103 cm³/mol. The number of amides is 2. The van der Waals surface area contributed by atoms with Crippen molar-refractivity contribution in [2.75, 3.05) is 18.4 Å². The minimum Gasteiger partial charge on any atom is -0.393 e. The molecule has 8 heteroatoms. The topological polar surface area (TPSA) is 98.7 Å². The van der Waals surface area contributed by atoms with Crippen LogP contribution in [0.15, 0.2) is 18.2 Å². The van der Waals surface area contributed by atoms with E-state index in [-0.39, 0.29) is 24.9 Å². The first-order chi connectivity index (χ1) is 12.1. The first-order valence-corrected chi connectivity index (χ1v) is 10.5. The molecule has 26 heavy (non-hydrogen) atoms. The molecule has 1 fully saturated rings. The summed E-state index contributed by atoms with van der Waals surface area (Å²) in [6, 6.07) is 5.05. The van der Waals surface area contributed by atoms with Gasteiger partial charge in [0, 0.05) is 18.8 Å². The van der Waals surface area contributed by atoms with E-state index in [1.165, 1.54) is 4.31 Å². The SMILES string of the molecule is CC(C)c1cccc(C(C)C)c1NC(=O)NS(=O)(=O)N1CCC(O)CC1. The smallest absolute Gasteiger partial charge is 0.333 e. The number of anilines is 1. The highest BCUT2D eigenvalue weighted by atomic mass is 32.2. The molecule has 1 saturated heterocycles. The van der Waals surface area contributed by atoms with Crippen LogP contribution in [0.1, 0.15) is 63.5 Å². The molecule has 0 aromatic heterocycles. The van der Waals surface area contributed by atoms with Crippen molar-refractivity contribution >= 4 is 21.9 Å². The second kappa shape index (κ2) is 8.37. The molecule has 2 amide bonds. The van der Waals surface area contributed by atoms with Gasteiger partial charge in [0.1, 0.15) is 0 Å². The van der Waals surface area contributed by atoms with Crippen molar-refractivity contribution in [2.45, 2.75) is 58.5 Å². The lowest BCUT2D eigenvalue weighted by Gasteiger charge is -2.28. The number of piperidine rings is 1. The number of aliphatic hydroxyl groups excluding tert-OH is 1. The Balaban J connectivity index is 2.17. The van der Waals surface area contributed by atoms with Crippen LogP contribution in [0, 0.1) is 0 Å². The average molecular weight is 384 g/mol. The van der Waals surface area contributed by atoms with Gasteiger partial charge in [0.25, 0.3) is 0 Å². The maximum atomic E-state index is 12.4. The van der Waals surface area contributed by atoms with Gasteiger partial charge in [-0.2, -0.15) is 12.7 Å². The molecule has 1 aromatic rings. The maximum Gasteiger partial charge on any atom is 0.333 e. The number of aliphatic hydroxyl groups is 1. The van der Waals surface area contributed by atoms with Crippen LogP contribution in [0.25, 0.3) is 0 Å². The van der Waals surface area contributed by atoms with Crippen molar-refractivity contribution in [3.05, 3.63) is 29.3 Å². The quantitative estimate of drug-likeness (QED) is 0.728. The molecule has 0 saturated carbocycles. The number of nitrogens with one attached hydrogen (secondary N) is 2. The van der Waals surface area contributed by atoms with Crippen molar-refractivity contribution in [3.8, 4) is 0 Å². The Labute approximate surface area is 156 Å². The summed E-state index contributed by atoms with van der Waals surface area (Å²) >= 11 is 0. The van der Waals surface area contributed by atoms with Gasteiger partial charge in [-0.3, -0.25) is 0 Å². The second-order valence-corrected chi connectivity index (χ2v) is 8.98. The number of para-hydroxylation sites is 1. The Hall–Kier alpha value is -1.64. The van der Waals surface area contributed by atoms with Crippen LogP contribution in [0.2, 0.25) is 0 Å². The monoisotopic (exact) mass is 383 g/mol. The zero-order valence-electron chi connectivity index (χ0n) is 15.8. The Morgan fingerprint density at radius 2 is 1.62 bits per heavy atom. The number of hydrogen-bond acceptors (Lipinski definition) is 4. The molecule has 7 nitrogen and oxygen atoms in total. The number of rotatable bonds is 5.